The molecule has 19 heavy (non-hydrogen) atoms. The highest BCUT2D eigenvalue weighted by Crippen LogP contribution is 2.38. The van der Waals surface area contributed by atoms with E-state index in [2.05, 4.69) is 47.4 Å². The molecule has 3 heteroatoms. The van der Waals surface area contributed by atoms with Crippen LogP contribution in [0.5, 0.6) is 0 Å². The minimum Gasteiger partial charge on any atom is -0.305 e. The Morgan fingerprint density at radius 2 is 2.05 bits per heavy atom. The number of aryl methyl sites for hydroxylation is 1. The quantitative estimate of drug-likeness (QED) is 0.847. The topological polar surface area (TPSA) is 29.9 Å². The Hall–Kier alpha value is -1.61. The van der Waals surface area contributed by atoms with Crippen LogP contribution in [0.4, 0.5) is 0 Å². The van der Waals surface area contributed by atoms with Gasteiger partial charge in [-0.05, 0) is 25.7 Å². The van der Waals surface area contributed by atoms with Gasteiger partial charge in [-0.25, -0.2) is 0 Å². The Kier molecular flexibility index (Phi) is 2.49. The lowest BCUT2D eigenvalue weighted by Crippen LogP contribution is -2.42. The third kappa shape index (κ3) is 1.72. The zero-order valence-corrected chi connectivity index (χ0v) is 11.3. The van der Waals surface area contributed by atoms with Gasteiger partial charge < -0.3 is 5.32 Å². The Morgan fingerprint density at radius 1 is 1.21 bits per heavy atom. The average Bonchev–Trinajstić information content (AvgIpc) is 2.77. The number of aromatic nitrogens is 2. The molecule has 0 radical (unpaired) electrons. The van der Waals surface area contributed by atoms with E-state index in [1.807, 2.05) is 0 Å². The van der Waals surface area contributed by atoms with Crippen LogP contribution in [0.1, 0.15) is 36.6 Å². The number of rotatable bonds is 1. The molecular weight excluding hydrogens is 234 g/mol. The molecule has 3 nitrogen and oxygen atoms in total. The van der Waals surface area contributed by atoms with Crippen molar-refractivity contribution < 1.29 is 0 Å². The fourth-order valence-corrected chi connectivity index (χ4v) is 3.67. The van der Waals surface area contributed by atoms with Gasteiger partial charge in [0.05, 0.1) is 17.4 Å². The van der Waals surface area contributed by atoms with Crippen molar-refractivity contribution in [2.24, 2.45) is 7.05 Å². The van der Waals surface area contributed by atoms with Crippen LogP contribution >= 0.6 is 0 Å². The van der Waals surface area contributed by atoms with Gasteiger partial charge in [-0.15, -0.1) is 0 Å². The molecule has 1 fully saturated rings. The molecule has 98 valence electrons. The van der Waals surface area contributed by atoms with Gasteiger partial charge in [-0.2, -0.15) is 5.10 Å². The fourth-order valence-electron chi connectivity index (χ4n) is 3.67. The first kappa shape index (κ1) is 11.2. The summed E-state index contributed by atoms with van der Waals surface area (Å²) < 4.78 is 2.07. The van der Waals surface area contributed by atoms with E-state index in [-0.39, 0.29) is 0 Å². The molecule has 0 aliphatic carbocycles. The first-order chi connectivity index (χ1) is 9.33. The van der Waals surface area contributed by atoms with Gasteiger partial charge in [-0.3, -0.25) is 4.68 Å². The molecule has 2 aromatic rings. The minimum atomic E-state index is 0.478. The number of nitrogens with one attached hydrogen (secondary N) is 1. The second-order valence-electron chi connectivity index (χ2n) is 5.75. The lowest BCUT2D eigenvalue weighted by molar-refractivity contribution is 0.297. The maximum absolute atomic E-state index is 4.80. The van der Waals surface area contributed by atoms with Gasteiger partial charge in [0, 0.05) is 24.2 Å². The van der Waals surface area contributed by atoms with Crippen molar-refractivity contribution >= 4 is 0 Å². The van der Waals surface area contributed by atoms with Crippen molar-refractivity contribution in [3.8, 4) is 11.3 Å². The van der Waals surface area contributed by atoms with Gasteiger partial charge in [0.1, 0.15) is 0 Å². The normalized spacial score (nSPS) is 25.1. The van der Waals surface area contributed by atoms with Crippen LogP contribution in [0, 0.1) is 0 Å². The van der Waals surface area contributed by atoms with Crippen molar-refractivity contribution in [1.29, 1.82) is 0 Å². The van der Waals surface area contributed by atoms with Crippen molar-refractivity contribution in [1.82, 2.24) is 15.1 Å². The number of nitrogens with zero attached hydrogens (tertiary/aromatic N) is 2. The van der Waals surface area contributed by atoms with E-state index < -0.39 is 0 Å². The number of hydrogen-bond donors (Lipinski definition) is 1. The van der Waals surface area contributed by atoms with Gasteiger partial charge in [-0.1, -0.05) is 30.3 Å². The van der Waals surface area contributed by atoms with Crippen molar-refractivity contribution in [2.45, 2.75) is 37.8 Å². The van der Waals surface area contributed by atoms with E-state index in [1.165, 1.54) is 41.8 Å². The molecule has 2 atom stereocenters. The molecule has 1 aromatic heterocycles. The number of fused-ring (bicyclic) bond motifs is 4. The standard InChI is InChI=1S/C16H19N3/c1-19-16(11-6-3-2-4-7-11)13-10-12-8-5-9-14(17-12)15(13)18-19/h2-4,6-7,12,14,17H,5,8-10H2,1H3/t12-,14+/m0/s1. The average molecular weight is 253 g/mol. The first-order valence-corrected chi connectivity index (χ1v) is 7.20. The number of hydrogen-bond acceptors (Lipinski definition) is 2. The summed E-state index contributed by atoms with van der Waals surface area (Å²) in [4.78, 5) is 0. The molecule has 2 bridgehead atoms. The van der Waals surface area contributed by atoms with Gasteiger partial charge >= 0.3 is 0 Å². The monoisotopic (exact) mass is 253 g/mol. The predicted octanol–water partition coefficient (Wildman–Crippen LogP) is 2.83. The smallest absolute Gasteiger partial charge is 0.0833 e. The fraction of sp³-hybridized carbons (Fsp3) is 0.438. The van der Waals surface area contributed by atoms with Crippen LogP contribution in [-0.4, -0.2) is 15.8 Å². The summed E-state index contributed by atoms with van der Waals surface area (Å²) in [5, 5.41) is 8.53. The largest absolute Gasteiger partial charge is 0.305 e. The van der Waals surface area contributed by atoms with Crippen LogP contribution in [0.25, 0.3) is 11.3 Å². The Morgan fingerprint density at radius 3 is 2.89 bits per heavy atom. The van der Waals surface area contributed by atoms with E-state index in [0.717, 1.165) is 6.42 Å². The highest BCUT2D eigenvalue weighted by atomic mass is 15.3. The van der Waals surface area contributed by atoms with E-state index in [0.29, 0.717) is 12.1 Å². The summed E-state index contributed by atoms with van der Waals surface area (Å²) in [5.74, 6) is 0. The molecule has 1 saturated heterocycles. The second kappa shape index (κ2) is 4.20. The summed E-state index contributed by atoms with van der Waals surface area (Å²) in [7, 11) is 2.07. The van der Waals surface area contributed by atoms with Crippen molar-refractivity contribution in [3.05, 3.63) is 41.6 Å². The highest BCUT2D eigenvalue weighted by molar-refractivity contribution is 5.65. The summed E-state index contributed by atoms with van der Waals surface area (Å²) in [5.41, 5.74) is 5.37. The van der Waals surface area contributed by atoms with Crippen LogP contribution < -0.4 is 5.32 Å². The van der Waals surface area contributed by atoms with E-state index >= 15 is 0 Å². The molecule has 0 spiro atoms. The summed E-state index contributed by atoms with van der Waals surface area (Å²) in [6, 6.07) is 11.8. The van der Waals surface area contributed by atoms with Crippen LogP contribution in [0.15, 0.2) is 30.3 Å². The SMILES string of the molecule is Cn1nc2c(c1-c1ccccc1)C[C@@H]1CCC[C@H]2N1. The van der Waals surface area contributed by atoms with Gasteiger partial charge in [0.15, 0.2) is 0 Å². The maximum Gasteiger partial charge on any atom is 0.0833 e. The molecule has 1 aromatic carbocycles. The zero-order chi connectivity index (χ0) is 12.8. The minimum absolute atomic E-state index is 0.478. The van der Waals surface area contributed by atoms with Crippen LogP contribution in [0.2, 0.25) is 0 Å². The number of benzene rings is 1. The lowest BCUT2D eigenvalue weighted by Gasteiger charge is -2.35. The molecule has 2 aliphatic heterocycles. The van der Waals surface area contributed by atoms with Gasteiger partial charge in [0.25, 0.3) is 0 Å². The summed E-state index contributed by atoms with van der Waals surface area (Å²) in [6.45, 7) is 0. The zero-order valence-electron chi connectivity index (χ0n) is 11.3. The summed E-state index contributed by atoms with van der Waals surface area (Å²) >= 11 is 0. The van der Waals surface area contributed by atoms with Crippen molar-refractivity contribution in [3.63, 3.8) is 0 Å². The molecule has 0 amide bonds. The van der Waals surface area contributed by atoms with Crippen molar-refractivity contribution in [2.75, 3.05) is 0 Å². The van der Waals surface area contributed by atoms with E-state index in [4.69, 9.17) is 5.10 Å². The summed E-state index contributed by atoms with van der Waals surface area (Å²) in [6.07, 6.45) is 5.00. The molecule has 4 rings (SSSR count). The molecule has 3 heterocycles. The van der Waals surface area contributed by atoms with Crippen LogP contribution in [-0.2, 0) is 13.5 Å². The van der Waals surface area contributed by atoms with E-state index in [1.54, 1.807) is 0 Å². The highest BCUT2D eigenvalue weighted by Gasteiger charge is 2.34. The molecule has 2 aliphatic rings. The molecular formula is C16H19N3. The second-order valence-corrected chi connectivity index (χ2v) is 5.75. The predicted molar refractivity (Wildman–Crippen MR) is 75.9 cm³/mol. The molecule has 1 N–H and O–H groups in total. The molecule has 0 saturated carbocycles. The Bertz CT molecular complexity index is 600. The van der Waals surface area contributed by atoms with E-state index in [9.17, 15) is 0 Å². The third-order valence-electron chi connectivity index (χ3n) is 4.49. The Balaban J connectivity index is 1.88. The van der Waals surface area contributed by atoms with Gasteiger partial charge in [0.2, 0.25) is 0 Å². The Labute approximate surface area is 113 Å². The lowest BCUT2D eigenvalue weighted by atomic mass is 9.84. The molecule has 0 unspecified atom stereocenters. The maximum atomic E-state index is 4.80. The first-order valence-electron chi connectivity index (χ1n) is 7.20. The third-order valence-corrected chi connectivity index (χ3v) is 4.49. The number of piperidine rings is 1. The van der Waals surface area contributed by atoms with Crippen LogP contribution in [0.3, 0.4) is 0 Å².